The summed E-state index contributed by atoms with van der Waals surface area (Å²) in [6.07, 6.45) is 9.20. The van der Waals surface area contributed by atoms with Crippen molar-refractivity contribution in [1.29, 1.82) is 0 Å². The van der Waals surface area contributed by atoms with Crippen LogP contribution in [0.3, 0.4) is 0 Å². The lowest BCUT2D eigenvalue weighted by Crippen LogP contribution is -2.55. The molecule has 5 atom stereocenters. The maximum Gasteiger partial charge on any atom is 0.303 e. The third-order valence-corrected chi connectivity index (χ3v) is 7.18. The maximum atomic E-state index is 11.7. The number of fused-ring (bicyclic) bond motifs is 1. The number of hydrogen-bond donors (Lipinski definition) is 1. The van der Waals surface area contributed by atoms with Gasteiger partial charge in [0.25, 0.3) is 0 Å². The molecular formula is C22H32O4. The van der Waals surface area contributed by atoms with Gasteiger partial charge in [-0.1, -0.05) is 26.8 Å². The first-order chi connectivity index (χ1) is 12.3. The van der Waals surface area contributed by atoms with Crippen molar-refractivity contribution in [3.05, 3.63) is 36.3 Å². The van der Waals surface area contributed by atoms with Crippen LogP contribution in [0.25, 0.3) is 0 Å². The summed E-state index contributed by atoms with van der Waals surface area (Å²) < 4.78 is 10.9. The molecular weight excluding hydrogens is 328 g/mol. The Labute approximate surface area is 156 Å². The molecule has 0 radical (unpaired) electrons. The number of aryl methyl sites for hydroxylation is 1. The van der Waals surface area contributed by atoms with Crippen LogP contribution in [-0.4, -0.2) is 23.8 Å². The van der Waals surface area contributed by atoms with E-state index >= 15 is 0 Å². The first-order valence-electron chi connectivity index (χ1n) is 9.78. The second-order valence-corrected chi connectivity index (χ2v) is 8.86. The molecule has 144 valence electrons. The molecule has 0 spiro atoms. The number of furan rings is 1. The van der Waals surface area contributed by atoms with E-state index in [9.17, 15) is 9.90 Å². The molecule has 0 aromatic carbocycles. The predicted molar refractivity (Wildman–Crippen MR) is 100 cm³/mol. The second-order valence-electron chi connectivity index (χ2n) is 8.86. The first-order valence-corrected chi connectivity index (χ1v) is 9.78. The number of esters is 1. The van der Waals surface area contributed by atoms with Gasteiger partial charge in [-0.25, -0.2) is 0 Å². The third kappa shape index (κ3) is 3.36. The topological polar surface area (TPSA) is 59.7 Å². The SMILES string of the molecule is C=C1C(OC(C)=O)CC2C(C)(CO)CCCC2(C)C1CCc1ccoc1. The molecule has 4 heteroatoms. The molecule has 2 aliphatic rings. The Hall–Kier alpha value is -1.55. The minimum Gasteiger partial charge on any atom is -0.472 e. The van der Waals surface area contributed by atoms with Crippen molar-refractivity contribution in [3.63, 3.8) is 0 Å². The van der Waals surface area contributed by atoms with Gasteiger partial charge in [0.2, 0.25) is 0 Å². The van der Waals surface area contributed by atoms with Crippen LogP contribution in [-0.2, 0) is 16.0 Å². The molecule has 0 bridgehead atoms. The molecule has 5 unspecified atom stereocenters. The smallest absolute Gasteiger partial charge is 0.303 e. The lowest BCUT2D eigenvalue weighted by atomic mass is 9.46. The van der Waals surface area contributed by atoms with Gasteiger partial charge < -0.3 is 14.3 Å². The summed E-state index contributed by atoms with van der Waals surface area (Å²) in [4.78, 5) is 11.7. The fraction of sp³-hybridized carbons (Fsp3) is 0.682. The highest BCUT2D eigenvalue weighted by atomic mass is 16.5. The summed E-state index contributed by atoms with van der Waals surface area (Å²) in [5, 5.41) is 10.2. The summed E-state index contributed by atoms with van der Waals surface area (Å²) in [5.41, 5.74) is 2.19. The van der Waals surface area contributed by atoms with E-state index in [0.717, 1.165) is 44.1 Å². The molecule has 1 aromatic heterocycles. The van der Waals surface area contributed by atoms with Crippen molar-refractivity contribution >= 4 is 5.97 Å². The van der Waals surface area contributed by atoms with Crippen LogP contribution in [0.15, 0.2) is 35.2 Å². The average Bonchev–Trinajstić information content (AvgIpc) is 3.09. The zero-order valence-electron chi connectivity index (χ0n) is 16.3. The molecule has 0 aliphatic heterocycles. The lowest BCUT2D eigenvalue weighted by Gasteiger charge is -2.59. The van der Waals surface area contributed by atoms with E-state index in [2.05, 4.69) is 20.4 Å². The summed E-state index contributed by atoms with van der Waals surface area (Å²) in [6.45, 7) is 10.6. The van der Waals surface area contributed by atoms with Gasteiger partial charge in [-0.05, 0) is 72.0 Å². The molecule has 1 heterocycles. The van der Waals surface area contributed by atoms with E-state index in [1.807, 2.05) is 6.07 Å². The highest BCUT2D eigenvalue weighted by Gasteiger charge is 2.56. The Kier molecular flexibility index (Phi) is 5.34. The lowest BCUT2D eigenvalue weighted by molar-refractivity contribution is -0.156. The number of carbonyl (C=O) groups excluding carboxylic acids is 1. The van der Waals surface area contributed by atoms with E-state index in [4.69, 9.17) is 9.15 Å². The van der Waals surface area contributed by atoms with Gasteiger partial charge in [0.1, 0.15) is 6.10 Å². The molecule has 1 N–H and O–H groups in total. The molecule has 2 saturated carbocycles. The second kappa shape index (κ2) is 7.22. The van der Waals surface area contributed by atoms with Gasteiger partial charge in [0, 0.05) is 13.5 Å². The highest BCUT2D eigenvalue weighted by Crippen LogP contribution is 2.62. The Morgan fingerprint density at radius 3 is 2.81 bits per heavy atom. The van der Waals surface area contributed by atoms with Crippen molar-refractivity contribution in [2.24, 2.45) is 22.7 Å². The van der Waals surface area contributed by atoms with Crippen molar-refractivity contribution in [2.45, 2.75) is 65.4 Å². The molecule has 2 aliphatic carbocycles. The van der Waals surface area contributed by atoms with Crippen molar-refractivity contribution in [2.75, 3.05) is 6.61 Å². The highest BCUT2D eigenvalue weighted by molar-refractivity contribution is 5.66. The zero-order chi connectivity index (χ0) is 18.9. The van der Waals surface area contributed by atoms with Gasteiger partial charge in [-0.15, -0.1) is 0 Å². The fourth-order valence-corrected chi connectivity index (χ4v) is 5.78. The first kappa shape index (κ1) is 19.2. The van der Waals surface area contributed by atoms with Crippen molar-refractivity contribution < 1.29 is 19.1 Å². The van der Waals surface area contributed by atoms with Gasteiger partial charge in [0.15, 0.2) is 0 Å². The standard InChI is InChI=1S/C22H32O4/c1-15-18(7-6-17-8-11-25-13-17)22(4)10-5-9-21(3,14-23)20(22)12-19(15)26-16(2)24/h8,11,13,18-20,23H,1,5-7,9-10,12,14H2,2-4H3. The van der Waals surface area contributed by atoms with E-state index in [1.54, 1.807) is 12.5 Å². The minimum atomic E-state index is -0.255. The van der Waals surface area contributed by atoms with Gasteiger partial charge in [0.05, 0.1) is 12.5 Å². The molecule has 0 amide bonds. The van der Waals surface area contributed by atoms with Crippen LogP contribution >= 0.6 is 0 Å². The predicted octanol–water partition coefficient (Wildman–Crippen LogP) is 4.53. The molecule has 1 aromatic rings. The molecule has 3 rings (SSSR count). The van der Waals surface area contributed by atoms with Gasteiger partial charge in [-0.3, -0.25) is 4.79 Å². The monoisotopic (exact) mass is 360 g/mol. The zero-order valence-corrected chi connectivity index (χ0v) is 16.3. The van der Waals surface area contributed by atoms with Crippen LogP contribution < -0.4 is 0 Å². The molecule has 0 saturated heterocycles. The Balaban J connectivity index is 1.91. The van der Waals surface area contributed by atoms with Crippen molar-refractivity contribution in [3.8, 4) is 0 Å². The molecule has 26 heavy (non-hydrogen) atoms. The van der Waals surface area contributed by atoms with Crippen LogP contribution in [0.1, 0.15) is 58.4 Å². The van der Waals surface area contributed by atoms with E-state index in [-0.39, 0.29) is 35.4 Å². The van der Waals surface area contributed by atoms with E-state index in [0.29, 0.717) is 5.92 Å². The number of aliphatic hydroxyl groups excluding tert-OH is 1. The number of aliphatic hydroxyl groups is 1. The third-order valence-electron chi connectivity index (χ3n) is 7.18. The summed E-state index contributed by atoms with van der Waals surface area (Å²) in [6, 6.07) is 2.01. The minimum absolute atomic E-state index is 0.0766. The Morgan fingerprint density at radius 2 is 2.19 bits per heavy atom. The summed E-state index contributed by atoms with van der Waals surface area (Å²) in [7, 11) is 0. The van der Waals surface area contributed by atoms with E-state index < -0.39 is 0 Å². The largest absolute Gasteiger partial charge is 0.472 e. The van der Waals surface area contributed by atoms with Crippen molar-refractivity contribution in [1.82, 2.24) is 0 Å². The van der Waals surface area contributed by atoms with Crippen LogP contribution in [0.4, 0.5) is 0 Å². The van der Waals surface area contributed by atoms with Crippen LogP contribution in [0, 0.1) is 22.7 Å². The van der Waals surface area contributed by atoms with E-state index in [1.165, 1.54) is 12.5 Å². The number of rotatable bonds is 5. The number of carbonyl (C=O) groups is 1. The number of hydrogen-bond acceptors (Lipinski definition) is 4. The Morgan fingerprint density at radius 1 is 1.42 bits per heavy atom. The quantitative estimate of drug-likeness (QED) is 0.619. The normalized spacial score (nSPS) is 37.2. The maximum absolute atomic E-state index is 11.7. The molecule has 4 nitrogen and oxygen atoms in total. The fourth-order valence-electron chi connectivity index (χ4n) is 5.78. The number of ether oxygens (including phenoxy) is 1. The van der Waals surface area contributed by atoms with Crippen LogP contribution in [0.2, 0.25) is 0 Å². The summed E-state index contributed by atoms with van der Waals surface area (Å²) in [5.74, 6) is 0.333. The van der Waals surface area contributed by atoms with Crippen LogP contribution in [0.5, 0.6) is 0 Å². The summed E-state index contributed by atoms with van der Waals surface area (Å²) >= 11 is 0. The average molecular weight is 360 g/mol. The Bertz CT molecular complexity index is 649. The van der Waals surface area contributed by atoms with Gasteiger partial charge in [-0.2, -0.15) is 0 Å². The molecule has 2 fully saturated rings. The van der Waals surface area contributed by atoms with Gasteiger partial charge >= 0.3 is 5.97 Å².